The van der Waals surface area contributed by atoms with Gasteiger partial charge in [0.25, 0.3) is 11.8 Å². The molecule has 1 fully saturated rings. The molecule has 4 rings (SSSR count). The average Bonchev–Trinajstić information content (AvgIpc) is 3.34. The van der Waals surface area contributed by atoms with E-state index in [9.17, 15) is 19.2 Å². The van der Waals surface area contributed by atoms with Crippen molar-refractivity contribution in [2.45, 2.75) is 26.2 Å². The largest absolute Gasteiger partial charge is 0.465 e. The van der Waals surface area contributed by atoms with Gasteiger partial charge in [0.15, 0.2) is 0 Å². The minimum Gasteiger partial charge on any atom is -0.465 e. The summed E-state index contributed by atoms with van der Waals surface area (Å²) in [6, 6.07) is 16.2. The lowest BCUT2D eigenvalue weighted by atomic mass is 9.98. The molecule has 0 radical (unpaired) electrons. The van der Waals surface area contributed by atoms with Crippen LogP contribution in [0.1, 0.15) is 47.9 Å². The first-order chi connectivity index (χ1) is 16.8. The minimum atomic E-state index is -0.806. The molecule has 8 heteroatoms. The Labute approximate surface area is 202 Å². The van der Waals surface area contributed by atoms with Gasteiger partial charge in [0, 0.05) is 5.56 Å². The summed E-state index contributed by atoms with van der Waals surface area (Å²) in [5.41, 5.74) is 2.33. The number of urea groups is 1. The van der Waals surface area contributed by atoms with Gasteiger partial charge in [0.05, 0.1) is 18.4 Å². The maximum Gasteiger partial charge on any atom is 0.337 e. The molecule has 1 N–H and O–H groups in total. The fourth-order valence-electron chi connectivity index (χ4n) is 3.70. The van der Waals surface area contributed by atoms with Crippen LogP contribution in [0.5, 0.6) is 0 Å². The monoisotopic (exact) mass is 472 g/mol. The molecule has 3 aromatic rings. The zero-order valence-electron chi connectivity index (χ0n) is 19.5. The Morgan fingerprint density at radius 2 is 1.71 bits per heavy atom. The molecular formula is C27H24N2O6. The number of imide groups is 2. The number of esters is 1. The van der Waals surface area contributed by atoms with Gasteiger partial charge >= 0.3 is 12.0 Å². The number of carbonyl (C=O) groups is 4. The molecule has 178 valence electrons. The van der Waals surface area contributed by atoms with Crippen molar-refractivity contribution in [3.8, 4) is 11.3 Å². The van der Waals surface area contributed by atoms with Crippen molar-refractivity contribution in [3.63, 3.8) is 0 Å². The number of barbiturate groups is 1. The molecule has 1 aliphatic heterocycles. The van der Waals surface area contributed by atoms with Crippen LogP contribution in [0.25, 0.3) is 17.4 Å². The fraction of sp³-hybridized carbons (Fsp3) is 0.185. The van der Waals surface area contributed by atoms with Crippen molar-refractivity contribution in [1.82, 2.24) is 5.32 Å². The third-order valence-corrected chi connectivity index (χ3v) is 5.94. The maximum atomic E-state index is 13.1. The molecule has 4 amide bonds. The molecule has 0 aliphatic carbocycles. The Morgan fingerprint density at radius 3 is 2.34 bits per heavy atom. The fourth-order valence-corrected chi connectivity index (χ4v) is 3.70. The third-order valence-electron chi connectivity index (χ3n) is 5.94. The SMILES string of the molecule is CCC(C)c1ccc(N2C(=O)NC(=O)/C(=C\c3ccc(-c4ccc(C(=O)OC)cc4)o3)C2=O)cc1. The van der Waals surface area contributed by atoms with Gasteiger partial charge < -0.3 is 9.15 Å². The van der Waals surface area contributed by atoms with E-state index in [2.05, 4.69) is 19.2 Å². The van der Waals surface area contributed by atoms with Crippen LogP contribution in [0.4, 0.5) is 10.5 Å². The van der Waals surface area contributed by atoms with Gasteiger partial charge in [0.2, 0.25) is 0 Å². The number of carbonyl (C=O) groups excluding carboxylic acids is 4. The summed E-state index contributed by atoms with van der Waals surface area (Å²) < 4.78 is 10.5. The highest BCUT2D eigenvalue weighted by atomic mass is 16.5. The number of nitrogens with one attached hydrogen (secondary N) is 1. The highest BCUT2D eigenvalue weighted by Gasteiger charge is 2.37. The highest BCUT2D eigenvalue weighted by Crippen LogP contribution is 2.27. The van der Waals surface area contributed by atoms with Gasteiger partial charge in [-0.2, -0.15) is 0 Å². The van der Waals surface area contributed by atoms with Gasteiger partial charge in [-0.15, -0.1) is 0 Å². The van der Waals surface area contributed by atoms with Crippen molar-refractivity contribution in [2.75, 3.05) is 12.0 Å². The number of amides is 4. The van der Waals surface area contributed by atoms with Crippen molar-refractivity contribution in [2.24, 2.45) is 0 Å². The van der Waals surface area contributed by atoms with Crippen LogP contribution >= 0.6 is 0 Å². The van der Waals surface area contributed by atoms with Crippen molar-refractivity contribution < 1.29 is 28.3 Å². The number of ether oxygens (including phenoxy) is 1. The van der Waals surface area contributed by atoms with E-state index in [1.165, 1.54) is 13.2 Å². The van der Waals surface area contributed by atoms with Gasteiger partial charge in [-0.3, -0.25) is 14.9 Å². The molecule has 1 aromatic heterocycles. The lowest BCUT2D eigenvalue weighted by molar-refractivity contribution is -0.122. The number of hydrogen-bond donors (Lipinski definition) is 1. The standard InChI is InChI=1S/C27H24N2O6/c1-4-16(2)17-9-11-20(12-10-17)29-25(31)22(24(30)28-27(29)33)15-21-13-14-23(35-21)18-5-7-19(8-6-18)26(32)34-3/h5-16H,4H2,1-3H3,(H,28,30,33)/b22-15+. The van der Waals surface area contributed by atoms with Crippen LogP contribution in [0, 0.1) is 0 Å². The number of nitrogens with zero attached hydrogens (tertiary/aromatic N) is 1. The van der Waals surface area contributed by atoms with Crippen molar-refractivity contribution in [3.05, 3.63) is 83.1 Å². The molecule has 1 unspecified atom stereocenters. The number of furan rings is 1. The first-order valence-corrected chi connectivity index (χ1v) is 11.1. The van der Waals surface area contributed by atoms with Crippen LogP contribution in [0.3, 0.4) is 0 Å². The van der Waals surface area contributed by atoms with Gasteiger partial charge in [-0.1, -0.05) is 38.1 Å². The second-order valence-electron chi connectivity index (χ2n) is 8.13. The van der Waals surface area contributed by atoms with Crippen LogP contribution in [0.15, 0.2) is 70.7 Å². The highest BCUT2D eigenvalue weighted by molar-refractivity contribution is 6.39. The summed E-state index contributed by atoms with van der Waals surface area (Å²) in [6.45, 7) is 4.18. The lowest BCUT2D eigenvalue weighted by Gasteiger charge is -2.26. The molecule has 2 heterocycles. The van der Waals surface area contributed by atoms with E-state index in [1.54, 1.807) is 48.5 Å². The molecule has 1 aliphatic rings. The van der Waals surface area contributed by atoms with E-state index in [0.29, 0.717) is 28.5 Å². The number of methoxy groups -OCH3 is 1. The molecular weight excluding hydrogens is 448 g/mol. The predicted octanol–water partition coefficient (Wildman–Crippen LogP) is 4.91. The van der Waals surface area contributed by atoms with Gasteiger partial charge in [-0.25, -0.2) is 14.5 Å². The quantitative estimate of drug-likeness (QED) is 0.310. The maximum absolute atomic E-state index is 13.1. The summed E-state index contributed by atoms with van der Waals surface area (Å²) in [5, 5.41) is 2.21. The van der Waals surface area contributed by atoms with E-state index in [-0.39, 0.29) is 11.3 Å². The second kappa shape index (κ2) is 9.80. The van der Waals surface area contributed by atoms with E-state index in [4.69, 9.17) is 9.15 Å². The number of hydrogen-bond acceptors (Lipinski definition) is 6. The molecule has 2 aromatic carbocycles. The number of benzene rings is 2. The minimum absolute atomic E-state index is 0.224. The van der Waals surface area contributed by atoms with Crippen LogP contribution in [-0.2, 0) is 14.3 Å². The Balaban J connectivity index is 1.59. The smallest absolute Gasteiger partial charge is 0.337 e. The van der Waals surface area contributed by atoms with Gasteiger partial charge in [-0.05, 0) is 60.4 Å². The Bertz CT molecular complexity index is 1320. The summed E-state index contributed by atoms with van der Waals surface area (Å²) >= 11 is 0. The van der Waals surface area contributed by atoms with Crippen molar-refractivity contribution >= 4 is 35.6 Å². The summed E-state index contributed by atoms with van der Waals surface area (Å²) in [6.07, 6.45) is 2.27. The van der Waals surface area contributed by atoms with Gasteiger partial charge in [0.1, 0.15) is 17.1 Å². The molecule has 35 heavy (non-hydrogen) atoms. The second-order valence-corrected chi connectivity index (χ2v) is 8.13. The number of anilines is 1. The Kier molecular flexibility index (Phi) is 6.64. The normalized spacial score (nSPS) is 15.8. The molecule has 0 saturated carbocycles. The first kappa shape index (κ1) is 23.7. The van der Waals surface area contributed by atoms with E-state index >= 15 is 0 Å². The topological polar surface area (TPSA) is 106 Å². The zero-order valence-corrected chi connectivity index (χ0v) is 19.5. The Morgan fingerprint density at radius 1 is 1.03 bits per heavy atom. The predicted molar refractivity (Wildman–Crippen MR) is 130 cm³/mol. The summed E-state index contributed by atoms with van der Waals surface area (Å²) in [4.78, 5) is 50.6. The van der Waals surface area contributed by atoms with Crippen LogP contribution in [-0.4, -0.2) is 30.9 Å². The molecule has 1 saturated heterocycles. The molecule has 0 bridgehead atoms. The first-order valence-electron chi connectivity index (χ1n) is 11.1. The lowest BCUT2D eigenvalue weighted by Crippen LogP contribution is -2.54. The number of rotatable bonds is 6. The van der Waals surface area contributed by atoms with E-state index in [1.807, 2.05) is 12.1 Å². The molecule has 8 nitrogen and oxygen atoms in total. The average molecular weight is 472 g/mol. The van der Waals surface area contributed by atoms with E-state index in [0.717, 1.165) is 16.9 Å². The Hall–Kier alpha value is -4.46. The molecule has 0 spiro atoms. The zero-order chi connectivity index (χ0) is 25.1. The molecule has 1 atom stereocenters. The van der Waals surface area contributed by atoms with Crippen molar-refractivity contribution in [1.29, 1.82) is 0 Å². The summed E-state index contributed by atoms with van der Waals surface area (Å²) in [7, 11) is 1.31. The summed E-state index contributed by atoms with van der Waals surface area (Å²) in [5.74, 6) is -0.903. The third kappa shape index (κ3) is 4.77. The van der Waals surface area contributed by atoms with Crippen LogP contribution in [0.2, 0.25) is 0 Å². The van der Waals surface area contributed by atoms with E-state index < -0.39 is 23.8 Å². The van der Waals surface area contributed by atoms with Crippen LogP contribution < -0.4 is 10.2 Å².